The van der Waals surface area contributed by atoms with Crippen LogP contribution in [0.1, 0.15) is 30.6 Å². The summed E-state index contributed by atoms with van der Waals surface area (Å²) < 4.78 is 28.3. The van der Waals surface area contributed by atoms with Crippen molar-refractivity contribution in [2.75, 3.05) is 0 Å². The maximum Gasteiger partial charge on any atom is 0.387 e. The van der Waals surface area contributed by atoms with Gasteiger partial charge in [0.2, 0.25) is 0 Å². The number of amides is 1. The van der Waals surface area contributed by atoms with E-state index in [1.807, 2.05) is 6.07 Å². The van der Waals surface area contributed by atoms with E-state index in [2.05, 4.69) is 10.1 Å². The first-order valence-corrected chi connectivity index (χ1v) is 5.69. The predicted molar refractivity (Wildman–Crippen MR) is 64.8 cm³/mol. The van der Waals surface area contributed by atoms with E-state index in [1.54, 1.807) is 13.8 Å². The number of alkyl halides is 2. The molecule has 0 aliphatic rings. The lowest BCUT2D eigenvalue weighted by Crippen LogP contribution is -2.44. The minimum atomic E-state index is -2.95. The molecule has 1 aromatic rings. The Morgan fingerprint density at radius 1 is 1.58 bits per heavy atom. The smallest absolute Gasteiger partial charge is 0.387 e. The van der Waals surface area contributed by atoms with Crippen LogP contribution >= 0.6 is 0 Å². The fourth-order valence-corrected chi connectivity index (χ4v) is 1.33. The van der Waals surface area contributed by atoms with Gasteiger partial charge in [0.05, 0.1) is 6.07 Å². The molecule has 0 bridgehead atoms. The number of nitriles is 1. The van der Waals surface area contributed by atoms with Crippen LogP contribution in [0.5, 0.6) is 5.75 Å². The summed E-state index contributed by atoms with van der Waals surface area (Å²) in [5, 5.41) is 11.5. The molecule has 1 rings (SSSR count). The summed E-state index contributed by atoms with van der Waals surface area (Å²) in [7, 11) is 0. The van der Waals surface area contributed by atoms with Crippen LogP contribution in [-0.2, 0) is 0 Å². The third kappa shape index (κ3) is 4.21. The van der Waals surface area contributed by atoms with E-state index in [-0.39, 0.29) is 11.3 Å². The first-order valence-electron chi connectivity index (χ1n) is 5.69. The van der Waals surface area contributed by atoms with Crippen LogP contribution in [0.2, 0.25) is 0 Å². The molecular weight excluding hydrogens is 254 g/mol. The number of hydrogen-bond acceptors (Lipinski definition) is 3. The normalized spacial score (nSPS) is 13.5. The molecule has 4 nitrogen and oxygen atoms in total. The highest BCUT2D eigenvalue weighted by Gasteiger charge is 2.24. The van der Waals surface area contributed by atoms with Gasteiger partial charge in [-0.3, -0.25) is 4.79 Å². The van der Waals surface area contributed by atoms with Gasteiger partial charge in [-0.1, -0.05) is 13.0 Å². The molecule has 19 heavy (non-hydrogen) atoms. The maximum absolute atomic E-state index is 12.1. The number of carbonyl (C=O) groups is 1. The molecule has 1 unspecified atom stereocenters. The SMILES string of the molecule is CCC(C)(C#N)NC(=O)c1cccc(OC(F)F)c1. The fraction of sp³-hybridized carbons (Fsp3) is 0.385. The fourth-order valence-electron chi connectivity index (χ4n) is 1.33. The number of ether oxygens (including phenoxy) is 1. The number of rotatable bonds is 5. The zero-order valence-electron chi connectivity index (χ0n) is 10.6. The Labute approximate surface area is 110 Å². The van der Waals surface area contributed by atoms with Crippen LogP contribution in [-0.4, -0.2) is 18.1 Å². The van der Waals surface area contributed by atoms with Crippen LogP contribution in [0.3, 0.4) is 0 Å². The third-order valence-electron chi connectivity index (χ3n) is 2.66. The Bertz CT molecular complexity index is 500. The Hall–Kier alpha value is -2.16. The number of nitrogens with zero attached hydrogens (tertiary/aromatic N) is 1. The van der Waals surface area contributed by atoms with Gasteiger partial charge < -0.3 is 10.1 Å². The van der Waals surface area contributed by atoms with Crippen LogP contribution in [0, 0.1) is 11.3 Å². The molecule has 1 N–H and O–H groups in total. The lowest BCUT2D eigenvalue weighted by atomic mass is 10.0. The van der Waals surface area contributed by atoms with E-state index in [9.17, 15) is 13.6 Å². The molecule has 1 amide bonds. The van der Waals surface area contributed by atoms with E-state index < -0.39 is 18.1 Å². The topological polar surface area (TPSA) is 62.1 Å². The van der Waals surface area contributed by atoms with Gasteiger partial charge in [-0.25, -0.2) is 0 Å². The van der Waals surface area contributed by atoms with Crippen molar-refractivity contribution in [2.24, 2.45) is 0 Å². The van der Waals surface area contributed by atoms with Gasteiger partial charge in [-0.2, -0.15) is 14.0 Å². The summed E-state index contributed by atoms with van der Waals surface area (Å²) in [4.78, 5) is 11.9. The van der Waals surface area contributed by atoms with Gasteiger partial charge in [-0.15, -0.1) is 0 Å². The first-order chi connectivity index (χ1) is 8.90. The average Bonchev–Trinajstić information content (AvgIpc) is 2.38. The molecule has 0 aliphatic heterocycles. The number of benzene rings is 1. The Kier molecular flexibility index (Phi) is 4.81. The number of carbonyl (C=O) groups excluding carboxylic acids is 1. The highest BCUT2D eigenvalue weighted by molar-refractivity contribution is 5.95. The summed E-state index contributed by atoms with van der Waals surface area (Å²) in [6.07, 6.45) is 0.433. The summed E-state index contributed by atoms with van der Waals surface area (Å²) in [5.41, 5.74) is -0.829. The summed E-state index contributed by atoms with van der Waals surface area (Å²) >= 11 is 0. The molecule has 1 aromatic carbocycles. The van der Waals surface area contributed by atoms with Gasteiger partial charge >= 0.3 is 6.61 Å². The van der Waals surface area contributed by atoms with Crippen LogP contribution in [0.4, 0.5) is 8.78 Å². The quantitative estimate of drug-likeness (QED) is 0.893. The molecule has 0 saturated heterocycles. The van der Waals surface area contributed by atoms with E-state index in [4.69, 9.17) is 5.26 Å². The van der Waals surface area contributed by atoms with Crippen molar-refractivity contribution >= 4 is 5.91 Å². The third-order valence-corrected chi connectivity index (χ3v) is 2.66. The second kappa shape index (κ2) is 6.14. The molecule has 0 spiro atoms. The molecule has 1 atom stereocenters. The van der Waals surface area contributed by atoms with Crippen molar-refractivity contribution in [1.82, 2.24) is 5.32 Å². The van der Waals surface area contributed by atoms with E-state index >= 15 is 0 Å². The molecule has 102 valence electrons. The van der Waals surface area contributed by atoms with E-state index in [1.165, 1.54) is 24.3 Å². The van der Waals surface area contributed by atoms with Crippen molar-refractivity contribution < 1.29 is 18.3 Å². The Balaban J connectivity index is 2.86. The summed E-state index contributed by atoms with van der Waals surface area (Å²) in [6, 6.07) is 7.41. The number of hydrogen-bond donors (Lipinski definition) is 1. The van der Waals surface area contributed by atoms with E-state index in [0.29, 0.717) is 6.42 Å². The van der Waals surface area contributed by atoms with Gasteiger partial charge in [0, 0.05) is 5.56 Å². The summed E-state index contributed by atoms with van der Waals surface area (Å²) in [6.45, 7) is 0.405. The zero-order chi connectivity index (χ0) is 14.5. The predicted octanol–water partition coefficient (Wildman–Crippen LogP) is 2.71. The molecule has 0 aliphatic carbocycles. The molecule has 0 fully saturated rings. The second-order valence-corrected chi connectivity index (χ2v) is 4.16. The Morgan fingerprint density at radius 2 is 2.26 bits per heavy atom. The first kappa shape index (κ1) is 14.9. The van der Waals surface area contributed by atoms with Gasteiger partial charge in [-0.05, 0) is 31.5 Å². The van der Waals surface area contributed by atoms with Crippen LogP contribution < -0.4 is 10.1 Å². The van der Waals surface area contributed by atoms with Crippen LogP contribution in [0.15, 0.2) is 24.3 Å². The van der Waals surface area contributed by atoms with Gasteiger partial charge in [0.15, 0.2) is 0 Å². The van der Waals surface area contributed by atoms with Gasteiger partial charge in [0.1, 0.15) is 11.3 Å². The lowest BCUT2D eigenvalue weighted by Gasteiger charge is -2.21. The molecule has 0 aromatic heterocycles. The largest absolute Gasteiger partial charge is 0.435 e. The van der Waals surface area contributed by atoms with E-state index in [0.717, 1.165) is 0 Å². The van der Waals surface area contributed by atoms with Crippen molar-refractivity contribution in [3.8, 4) is 11.8 Å². The maximum atomic E-state index is 12.1. The monoisotopic (exact) mass is 268 g/mol. The number of nitrogens with one attached hydrogen (secondary N) is 1. The second-order valence-electron chi connectivity index (χ2n) is 4.16. The standard InChI is InChI=1S/C13H14F2N2O2/c1-3-13(2,8-16)17-11(18)9-5-4-6-10(7-9)19-12(14)15/h4-7,12H,3H2,1-2H3,(H,17,18). The molecule has 0 saturated carbocycles. The summed E-state index contributed by atoms with van der Waals surface area (Å²) in [5.74, 6) is -0.608. The Morgan fingerprint density at radius 3 is 2.79 bits per heavy atom. The minimum absolute atomic E-state index is 0.0993. The minimum Gasteiger partial charge on any atom is -0.435 e. The van der Waals surface area contributed by atoms with Gasteiger partial charge in [0.25, 0.3) is 5.91 Å². The average molecular weight is 268 g/mol. The van der Waals surface area contributed by atoms with Crippen molar-refractivity contribution in [3.05, 3.63) is 29.8 Å². The highest BCUT2D eigenvalue weighted by Crippen LogP contribution is 2.17. The van der Waals surface area contributed by atoms with Crippen molar-refractivity contribution in [3.63, 3.8) is 0 Å². The number of halogens is 2. The zero-order valence-corrected chi connectivity index (χ0v) is 10.6. The van der Waals surface area contributed by atoms with Crippen LogP contribution in [0.25, 0.3) is 0 Å². The molecular formula is C13H14F2N2O2. The molecule has 6 heteroatoms. The van der Waals surface area contributed by atoms with Crippen molar-refractivity contribution in [2.45, 2.75) is 32.4 Å². The molecule has 0 radical (unpaired) electrons. The van der Waals surface area contributed by atoms with Crippen molar-refractivity contribution in [1.29, 1.82) is 5.26 Å². The highest BCUT2D eigenvalue weighted by atomic mass is 19.3. The lowest BCUT2D eigenvalue weighted by molar-refractivity contribution is -0.0498. The molecule has 0 heterocycles.